The Hall–Kier alpha value is -2.92. The van der Waals surface area contributed by atoms with Crippen LogP contribution in [0.15, 0.2) is 24.5 Å². The van der Waals surface area contributed by atoms with E-state index in [1.165, 1.54) is 10.9 Å². The summed E-state index contributed by atoms with van der Waals surface area (Å²) in [5.41, 5.74) is -3.41. The summed E-state index contributed by atoms with van der Waals surface area (Å²) >= 11 is 0. The molecular weight excluding hydrogens is 492 g/mol. The van der Waals surface area contributed by atoms with E-state index in [1.807, 2.05) is 0 Å². The molecule has 192 valence electrons. The van der Waals surface area contributed by atoms with Crippen molar-refractivity contribution in [3.8, 4) is 0 Å². The average molecular weight is 511 g/mol. The normalized spacial score (nSPS) is 25.1. The summed E-state index contributed by atoms with van der Waals surface area (Å²) in [6.07, 6.45) is -13.8. The number of hydrogen-bond donors (Lipinski definition) is 5. The summed E-state index contributed by atoms with van der Waals surface area (Å²) in [4.78, 5) is 9.30. The van der Waals surface area contributed by atoms with Crippen LogP contribution in [-0.4, -0.2) is 67.4 Å². The lowest BCUT2D eigenvalue weighted by molar-refractivity contribution is -0.143. The molecule has 16 heteroatoms. The minimum atomic E-state index is -5.01. The van der Waals surface area contributed by atoms with E-state index in [0.717, 1.165) is 5.06 Å². The highest BCUT2D eigenvalue weighted by Crippen LogP contribution is 2.37. The predicted octanol–water partition coefficient (Wildman–Crippen LogP) is 1.67. The first-order chi connectivity index (χ1) is 16.3. The zero-order chi connectivity index (χ0) is 25.7. The number of amidine groups is 1. The highest BCUT2D eigenvalue weighted by atomic mass is 19.4. The van der Waals surface area contributed by atoms with Gasteiger partial charge >= 0.3 is 12.4 Å². The quantitative estimate of drug-likeness (QED) is 0.383. The molecule has 2 aromatic rings. The molecule has 1 aromatic heterocycles. The summed E-state index contributed by atoms with van der Waals surface area (Å²) in [5.74, 6) is -0.185. The first kappa shape index (κ1) is 25.2. The maximum atomic E-state index is 13.1. The maximum absolute atomic E-state index is 13.1. The molecule has 5 N–H and O–H groups in total. The first-order valence-corrected chi connectivity index (χ1v) is 10.0. The molecular formula is C19H19F6N5O5. The molecule has 10 nitrogen and oxygen atoms in total. The fourth-order valence-electron chi connectivity index (χ4n) is 3.72. The zero-order valence-corrected chi connectivity index (χ0v) is 17.5. The van der Waals surface area contributed by atoms with E-state index >= 15 is 0 Å². The SMILES string of the molecule is N=C1c2ncn([C@@H]3O[C@H](CO)[C@@H](O)[C@H]3O)c2NCN1OCc1cc(C(F)(F)F)cc(C(F)(F)F)c1. The number of imidazole rings is 1. The number of fused-ring (bicyclic) bond motifs is 1. The van der Waals surface area contributed by atoms with Crippen molar-refractivity contribution in [3.05, 3.63) is 46.9 Å². The van der Waals surface area contributed by atoms with Crippen molar-refractivity contribution < 1.29 is 51.2 Å². The van der Waals surface area contributed by atoms with Crippen molar-refractivity contribution in [2.45, 2.75) is 43.5 Å². The number of nitrogens with zero attached hydrogens (tertiary/aromatic N) is 3. The molecule has 0 spiro atoms. The second-order valence-corrected chi connectivity index (χ2v) is 7.83. The Kier molecular flexibility index (Phi) is 6.43. The van der Waals surface area contributed by atoms with Gasteiger partial charge in [-0.25, -0.2) is 10.0 Å². The Bertz CT molecular complexity index is 1070. The molecule has 1 aromatic carbocycles. The third-order valence-electron chi connectivity index (χ3n) is 5.48. The van der Waals surface area contributed by atoms with Gasteiger partial charge in [-0.2, -0.15) is 26.3 Å². The maximum Gasteiger partial charge on any atom is 0.416 e. The van der Waals surface area contributed by atoms with Gasteiger partial charge < -0.3 is 25.4 Å². The molecule has 35 heavy (non-hydrogen) atoms. The van der Waals surface area contributed by atoms with Gasteiger partial charge in [0.15, 0.2) is 12.1 Å². The lowest BCUT2D eigenvalue weighted by Crippen LogP contribution is -2.41. The van der Waals surface area contributed by atoms with Crippen molar-refractivity contribution in [2.24, 2.45) is 0 Å². The number of aliphatic hydroxyl groups excluding tert-OH is 3. The molecule has 0 aliphatic carbocycles. The number of ether oxygens (including phenoxy) is 1. The van der Waals surface area contributed by atoms with Gasteiger partial charge in [-0.1, -0.05) is 0 Å². The summed E-state index contributed by atoms with van der Waals surface area (Å²) in [5, 5.41) is 41.3. The number of alkyl halides is 6. The lowest BCUT2D eigenvalue weighted by Gasteiger charge is -2.30. The molecule has 1 fully saturated rings. The van der Waals surface area contributed by atoms with Gasteiger partial charge in [-0.3, -0.25) is 14.8 Å². The number of benzene rings is 1. The molecule has 0 amide bonds. The smallest absolute Gasteiger partial charge is 0.394 e. The van der Waals surface area contributed by atoms with E-state index in [4.69, 9.17) is 15.0 Å². The Morgan fingerprint density at radius 3 is 2.26 bits per heavy atom. The van der Waals surface area contributed by atoms with Gasteiger partial charge in [-0.05, 0) is 23.8 Å². The third kappa shape index (κ3) is 4.79. The molecule has 0 saturated carbocycles. The van der Waals surface area contributed by atoms with Crippen molar-refractivity contribution >= 4 is 11.7 Å². The van der Waals surface area contributed by atoms with Gasteiger partial charge in [-0.15, -0.1) is 0 Å². The van der Waals surface area contributed by atoms with Crippen molar-refractivity contribution in [3.63, 3.8) is 0 Å². The Labute approximate surface area is 192 Å². The average Bonchev–Trinajstić information content (AvgIpc) is 3.33. The van der Waals surface area contributed by atoms with Crippen LogP contribution in [0.25, 0.3) is 0 Å². The fourth-order valence-corrected chi connectivity index (χ4v) is 3.72. The molecule has 1 saturated heterocycles. The first-order valence-electron chi connectivity index (χ1n) is 10.0. The largest absolute Gasteiger partial charge is 0.416 e. The van der Waals surface area contributed by atoms with Crippen LogP contribution >= 0.6 is 0 Å². The highest BCUT2D eigenvalue weighted by Gasteiger charge is 2.45. The molecule has 4 rings (SSSR count). The highest BCUT2D eigenvalue weighted by molar-refractivity contribution is 5.99. The fraction of sp³-hybridized carbons (Fsp3) is 0.474. The van der Waals surface area contributed by atoms with E-state index in [9.17, 15) is 41.7 Å². The van der Waals surface area contributed by atoms with Gasteiger partial charge in [0.2, 0.25) is 0 Å². The van der Waals surface area contributed by atoms with E-state index in [2.05, 4.69) is 10.3 Å². The Morgan fingerprint density at radius 1 is 1.09 bits per heavy atom. The van der Waals surface area contributed by atoms with Crippen molar-refractivity contribution in [2.75, 3.05) is 18.6 Å². The number of hydroxylamine groups is 2. The summed E-state index contributed by atoms with van der Waals surface area (Å²) < 4.78 is 85.0. The molecule has 4 atom stereocenters. The molecule has 2 aliphatic rings. The van der Waals surface area contributed by atoms with Crippen LogP contribution in [-0.2, 0) is 28.5 Å². The van der Waals surface area contributed by atoms with E-state index in [1.54, 1.807) is 0 Å². The molecule has 2 aliphatic heterocycles. The monoisotopic (exact) mass is 511 g/mol. The number of halogens is 6. The molecule has 3 heterocycles. The summed E-state index contributed by atoms with van der Waals surface area (Å²) in [6, 6.07) is 1.06. The van der Waals surface area contributed by atoms with Crippen LogP contribution in [0.1, 0.15) is 28.6 Å². The number of rotatable bonds is 5. The molecule has 0 unspecified atom stereocenters. The van der Waals surface area contributed by atoms with Gasteiger partial charge in [0, 0.05) is 0 Å². The predicted molar refractivity (Wildman–Crippen MR) is 104 cm³/mol. The van der Waals surface area contributed by atoms with E-state index in [0.29, 0.717) is 12.1 Å². The number of aliphatic hydroxyl groups is 3. The number of anilines is 1. The number of hydrogen-bond acceptors (Lipinski definition) is 8. The van der Waals surface area contributed by atoms with Crippen LogP contribution in [0, 0.1) is 5.41 Å². The number of aromatic nitrogens is 2. The van der Waals surface area contributed by atoms with Crippen LogP contribution < -0.4 is 5.32 Å². The van der Waals surface area contributed by atoms with Crippen molar-refractivity contribution in [1.82, 2.24) is 14.6 Å². The van der Waals surface area contributed by atoms with Crippen LogP contribution in [0.2, 0.25) is 0 Å². The molecule has 0 radical (unpaired) electrons. The second kappa shape index (κ2) is 8.94. The van der Waals surface area contributed by atoms with Crippen LogP contribution in [0.3, 0.4) is 0 Å². The van der Waals surface area contributed by atoms with Crippen LogP contribution in [0.5, 0.6) is 0 Å². The van der Waals surface area contributed by atoms with E-state index < -0.39 is 66.8 Å². The number of nitrogens with one attached hydrogen (secondary N) is 2. The topological polar surface area (TPSA) is 136 Å². The van der Waals surface area contributed by atoms with E-state index in [-0.39, 0.29) is 30.1 Å². The standard InChI is InChI=1S/C19H19F6N5O5/c20-18(21,22)9-1-8(2-10(3-9)19(23,24)25)5-34-30-7-28-16-12(15(30)26)27-6-29(16)17-14(33)13(32)11(4-31)35-17/h1-3,6,11,13-14,17,26,28,31-33H,4-5,7H2/t11-,13-,14-,17-/m1/s1. The molecule has 0 bridgehead atoms. The third-order valence-corrected chi connectivity index (χ3v) is 5.48. The van der Waals surface area contributed by atoms with Gasteiger partial charge in [0.25, 0.3) is 0 Å². The van der Waals surface area contributed by atoms with Crippen LogP contribution in [0.4, 0.5) is 32.2 Å². The summed E-state index contributed by atoms with van der Waals surface area (Å²) in [7, 11) is 0. The minimum absolute atomic E-state index is 0.00467. The minimum Gasteiger partial charge on any atom is -0.394 e. The lowest BCUT2D eigenvalue weighted by atomic mass is 10.1. The Balaban J connectivity index is 1.51. The Morgan fingerprint density at radius 2 is 1.71 bits per heavy atom. The summed E-state index contributed by atoms with van der Waals surface area (Å²) in [6.45, 7) is -1.51. The van der Waals surface area contributed by atoms with Gasteiger partial charge in [0.1, 0.15) is 43.1 Å². The van der Waals surface area contributed by atoms with Crippen molar-refractivity contribution in [1.29, 1.82) is 5.41 Å². The van der Waals surface area contributed by atoms with Gasteiger partial charge in [0.05, 0.1) is 24.1 Å². The second-order valence-electron chi connectivity index (χ2n) is 7.83. The zero-order valence-electron chi connectivity index (χ0n) is 17.5.